The number of benzene rings is 3. The van der Waals surface area contributed by atoms with Gasteiger partial charge in [-0.3, -0.25) is 4.98 Å². The Morgan fingerprint density at radius 1 is 0.615 bits per heavy atom. The molecular weight excluding hydrogens is 381 g/mol. The number of halogens is 1. The van der Waals surface area contributed by atoms with Gasteiger partial charge in [0.2, 0.25) is 0 Å². The van der Waals surface area contributed by atoms with Crippen LogP contribution in [0.15, 0.2) is 89.5 Å². The van der Waals surface area contributed by atoms with Gasteiger partial charge in [0.15, 0.2) is 7.28 Å². The minimum Gasteiger partial charge on any atom is -0.255 e. The normalized spacial score (nSPS) is 11.6. The zero-order valence-corrected chi connectivity index (χ0v) is 15.7. The Kier molecular flexibility index (Phi) is 3.76. The van der Waals surface area contributed by atoms with Crippen LogP contribution < -0.4 is 10.9 Å². The van der Waals surface area contributed by atoms with E-state index in [1.165, 1.54) is 33.2 Å². The van der Waals surface area contributed by atoms with Gasteiger partial charge in [0.1, 0.15) is 0 Å². The minimum absolute atomic E-state index is 0.993. The Morgan fingerprint density at radius 3 is 2.12 bits per heavy atom. The molecule has 0 unspecified atom stereocenters. The highest BCUT2D eigenvalue weighted by atomic mass is 79.9. The van der Waals surface area contributed by atoms with Crippen LogP contribution in [0.4, 0.5) is 0 Å². The average Bonchev–Trinajstić information content (AvgIpc) is 3.07. The molecule has 0 N–H and O–H groups in total. The number of nitrogens with zero attached hydrogens (tertiary/aromatic N) is 1. The molecule has 1 aromatic heterocycles. The first-order valence-electron chi connectivity index (χ1n) is 8.73. The molecule has 0 spiro atoms. The van der Waals surface area contributed by atoms with Crippen LogP contribution in [0.3, 0.4) is 0 Å². The molecule has 3 heteroatoms. The molecule has 26 heavy (non-hydrogen) atoms. The van der Waals surface area contributed by atoms with Gasteiger partial charge in [-0.1, -0.05) is 77.7 Å². The van der Waals surface area contributed by atoms with Crippen molar-refractivity contribution in [3.05, 3.63) is 89.5 Å². The van der Waals surface area contributed by atoms with Gasteiger partial charge in [0.05, 0.1) is 5.69 Å². The van der Waals surface area contributed by atoms with E-state index in [1.807, 2.05) is 12.3 Å². The van der Waals surface area contributed by atoms with Crippen LogP contribution >= 0.6 is 15.9 Å². The molecule has 0 amide bonds. The molecule has 0 radical (unpaired) electrons. The molecule has 0 fully saturated rings. The summed E-state index contributed by atoms with van der Waals surface area (Å²) in [6.07, 6.45) is 1.86. The zero-order chi connectivity index (χ0) is 17.5. The van der Waals surface area contributed by atoms with Crippen LogP contribution in [0.1, 0.15) is 0 Å². The van der Waals surface area contributed by atoms with E-state index in [0.717, 1.165) is 23.0 Å². The maximum Gasteiger partial charge on any atom is 0.193 e. The Morgan fingerprint density at radius 2 is 1.31 bits per heavy atom. The quantitative estimate of drug-likeness (QED) is 0.399. The van der Waals surface area contributed by atoms with Gasteiger partial charge in [-0.25, -0.2) is 0 Å². The molecular formula is C23H15BBrN. The summed E-state index contributed by atoms with van der Waals surface area (Å²) in [7, 11) is 1.01. The number of aromatic nitrogens is 1. The lowest BCUT2D eigenvalue weighted by Crippen LogP contribution is -2.20. The van der Waals surface area contributed by atoms with Gasteiger partial charge in [-0.15, -0.1) is 0 Å². The molecule has 3 aromatic carbocycles. The summed E-state index contributed by atoms with van der Waals surface area (Å²) in [5.41, 5.74) is 10.2. The smallest absolute Gasteiger partial charge is 0.193 e. The molecule has 122 valence electrons. The minimum atomic E-state index is 0.993. The van der Waals surface area contributed by atoms with E-state index in [-0.39, 0.29) is 0 Å². The Bertz CT molecular complexity index is 1120. The maximum atomic E-state index is 4.63. The van der Waals surface area contributed by atoms with E-state index in [2.05, 4.69) is 93.7 Å². The highest BCUT2D eigenvalue weighted by Gasteiger charge is 2.23. The monoisotopic (exact) mass is 395 g/mol. The van der Waals surface area contributed by atoms with Gasteiger partial charge in [-0.05, 0) is 50.3 Å². The SMILES string of the molecule is Brc1ccc(-c2ccccc2-c2cccc3c2-c2ccccc2B3)nc1. The van der Waals surface area contributed by atoms with Gasteiger partial charge in [-0.2, -0.15) is 0 Å². The molecule has 0 saturated carbocycles. The van der Waals surface area contributed by atoms with Crippen molar-refractivity contribution in [3.63, 3.8) is 0 Å². The predicted molar refractivity (Wildman–Crippen MR) is 115 cm³/mol. The molecule has 1 aliphatic heterocycles. The molecule has 4 aromatic rings. The zero-order valence-electron chi connectivity index (χ0n) is 14.1. The second-order valence-corrected chi connectivity index (χ2v) is 7.50. The Labute approximate surface area is 162 Å². The third kappa shape index (κ3) is 2.51. The summed E-state index contributed by atoms with van der Waals surface area (Å²) < 4.78 is 0.994. The third-order valence-corrected chi connectivity index (χ3v) is 5.51. The van der Waals surface area contributed by atoms with Crippen LogP contribution in [-0.2, 0) is 0 Å². The number of hydrogen-bond acceptors (Lipinski definition) is 1. The van der Waals surface area contributed by atoms with Crippen molar-refractivity contribution in [1.29, 1.82) is 0 Å². The molecule has 0 bridgehead atoms. The molecule has 0 aliphatic carbocycles. The van der Waals surface area contributed by atoms with E-state index in [0.29, 0.717) is 0 Å². The summed E-state index contributed by atoms with van der Waals surface area (Å²) >= 11 is 3.48. The van der Waals surface area contributed by atoms with Gasteiger partial charge >= 0.3 is 0 Å². The second kappa shape index (κ2) is 6.26. The second-order valence-electron chi connectivity index (χ2n) is 6.58. The van der Waals surface area contributed by atoms with Crippen molar-refractivity contribution < 1.29 is 0 Å². The molecule has 1 aliphatic rings. The largest absolute Gasteiger partial charge is 0.255 e. The standard InChI is InChI=1S/C23H15BBrN/c25-15-12-13-22(26-14-15)17-7-2-1-6-16(17)18-9-5-11-21-23(18)19-8-3-4-10-20(19)24-21/h1-14,24H. The number of rotatable bonds is 2. The highest BCUT2D eigenvalue weighted by molar-refractivity contribution is 9.10. The molecule has 1 nitrogen and oxygen atoms in total. The Hall–Kier alpha value is -2.65. The van der Waals surface area contributed by atoms with Crippen LogP contribution in [0.2, 0.25) is 0 Å². The lowest BCUT2D eigenvalue weighted by molar-refractivity contribution is 1.31. The van der Waals surface area contributed by atoms with E-state index < -0.39 is 0 Å². The predicted octanol–water partition coefficient (Wildman–Crippen LogP) is 4.55. The first-order chi connectivity index (χ1) is 12.8. The van der Waals surface area contributed by atoms with Gasteiger partial charge in [0.25, 0.3) is 0 Å². The first-order valence-corrected chi connectivity index (χ1v) is 9.52. The van der Waals surface area contributed by atoms with E-state index in [9.17, 15) is 0 Å². The number of pyridine rings is 1. The van der Waals surface area contributed by atoms with Gasteiger partial charge in [0, 0.05) is 16.2 Å². The van der Waals surface area contributed by atoms with Crippen LogP contribution in [0.5, 0.6) is 0 Å². The molecule has 0 saturated heterocycles. The van der Waals surface area contributed by atoms with E-state index >= 15 is 0 Å². The summed E-state index contributed by atoms with van der Waals surface area (Å²) in [6, 6.07) is 28.1. The van der Waals surface area contributed by atoms with E-state index in [1.54, 1.807) is 0 Å². The van der Waals surface area contributed by atoms with Crippen molar-refractivity contribution in [1.82, 2.24) is 4.98 Å². The summed E-state index contributed by atoms with van der Waals surface area (Å²) in [5.74, 6) is 0. The number of hydrogen-bond donors (Lipinski definition) is 0. The maximum absolute atomic E-state index is 4.63. The van der Waals surface area contributed by atoms with Crippen molar-refractivity contribution >= 4 is 34.1 Å². The topological polar surface area (TPSA) is 12.9 Å². The molecule has 5 rings (SSSR count). The number of fused-ring (bicyclic) bond motifs is 3. The van der Waals surface area contributed by atoms with Crippen molar-refractivity contribution in [3.8, 4) is 33.5 Å². The first kappa shape index (κ1) is 15.6. The summed E-state index contributed by atoms with van der Waals surface area (Å²) in [5, 5.41) is 0. The van der Waals surface area contributed by atoms with Gasteiger partial charge < -0.3 is 0 Å². The van der Waals surface area contributed by atoms with E-state index in [4.69, 9.17) is 0 Å². The van der Waals surface area contributed by atoms with Crippen LogP contribution in [0.25, 0.3) is 33.5 Å². The van der Waals surface area contributed by atoms with Crippen molar-refractivity contribution in [2.24, 2.45) is 0 Å². The fraction of sp³-hybridized carbons (Fsp3) is 0. The van der Waals surface area contributed by atoms with Crippen molar-refractivity contribution in [2.75, 3.05) is 0 Å². The van der Waals surface area contributed by atoms with Crippen LogP contribution in [-0.4, -0.2) is 12.3 Å². The fourth-order valence-corrected chi connectivity index (χ4v) is 4.12. The Balaban J connectivity index is 1.75. The average molecular weight is 396 g/mol. The molecule has 2 heterocycles. The molecule has 0 atom stereocenters. The van der Waals surface area contributed by atoms with Crippen molar-refractivity contribution in [2.45, 2.75) is 0 Å². The lowest BCUT2D eigenvalue weighted by Gasteiger charge is -2.14. The summed E-state index contributed by atoms with van der Waals surface area (Å²) in [6.45, 7) is 0. The fourth-order valence-electron chi connectivity index (χ4n) is 3.89. The summed E-state index contributed by atoms with van der Waals surface area (Å²) in [4.78, 5) is 4.63. The van der Waals surface area contributed by atoms with Crippen LogP contribution in [0, 0.1) is 0 Å². The lowest BCUT2D eigenvalue weighted by atomic mass is 9.68. The third-order valence-electron chi connectivity index (χ3n) is 5.04. The highest BCUT2D eigenvalue weighted by Crippen LogP contribution is 2.37.